The summed E-state index contributed by atoms with van der Waals surface area (Å²) in [6.07, 6.45) is 2.76. The Hall–Kier alpha value is -2.66. The number of amides is 1. The number of hydrogen-bond acceptors (Lipinski definition) is 4. The van der Waals surface area contributed by atoms with Gasteiger partial charge in [-0.25, -0.2) is 0 Å². The number of hydrogen-bond donors (Lipinski definition) is 1. The lowest BCUT2D eigenvalue weighted by Crippen LogP contribution is -2.37. The summed E-state index contributed by atoms with van der Waals surface area (Å²) in [5.41, 5.74) is 1.09. The fraction of sp³-hybridized carbons (Fsp3) is 0.348. The summed E-state index contributed by atoms with van der Waals surface area (Å²) < 4.78 is 5.32. The van der Waals surface area contributed by atoms with Gasteiger partial charge in [0.2, 0.25) is 0 Å². The summed E-state index contributed by atoms with van der Waals surface area (Å²) in [5, 5.41) is 3.05. The standard InChI is InChI=1S/C23H22ClNO4/c24-17-8-4-5-9-18(17)25-19(26)13-29-23(28)21-16-11-10-15(12-16)20(21)22(27)14-6-2-1-3-7-14/h1-9,15-16,20-21H,10-13H2,(H,25,26)/t15-,16-,20+,21+/m0/s1. The first kappa shape index (κ1) is 19.6. The second kappa shape index (κ2) is 8.37. The van der Waals surface area contributed by atoms with Crippen molar-refractivity contribution in [2.24, 2.45) is 23.7 Å². The van der Waals surface area contributed by atoms with Crippen molar-refractivity contribution >= 4 is 34.9 Å². The van der Waals surface area contributed by atoms with Crippen LogP contribution in [0.15, 0.2) is 54.6 Å². The lowest BCUT2D eigenvalue weighted by atomic mass is 9.75. The van der Waals surface area contributed by atoms with Gasteiger partial charge in [-0.15, -0.1) is 0 Å². The highest BCUT2D eigenvalue weighted by Gasteiger charge is 2.54. The monoisotopic (exact) mass is 411 g/mol. The van der Waals surface area contributed by atoms with Crippen molar-refractivity contribution in [2.75, 3.05) is 11.9 Å². The highest BCUT2D eigenvalue weighted by atomic mass is 35.5. The molecule has 0 spiro atoms. The van der Waals surface area contributed by atoms with Gasteiger partial charge in [-0.05, 0) is 43.2 Å². The van der Waals surface area contributed by atoms with E-state index in [-0.39, 0.29) is 23.5 Å². The minimum atomic E-state index is -0.477. The molecule has 2 fully saturated rings. The Morgan fingerprint density at radius 1 is 0.931 bits per heavy atom. The second-order valence-electron chi connectivity index (χ2n) is 7.75. The Kier molecular flexibility index (Phi) is 5.67. The number of halogens is 1. The van der Waals surface area contributed by atoms with Crippen LogP contribution in [0.3, 0.4) is 0 Å². The molecule has 4 rings (SSSR count). The first-order chi connectivity index (χ1) is 14.0. The molecule has 5 nitrogen and oxygen atoms in total. The van der Waals surface area contributed by atoms with Gasteiger partial charge in [-0.2, -0.15) is 0 Å². The number of ketones is 1. The van der Waals surface area contributed by atoms with E-state index in [1.54, 1.807) is 36.4 Å². The molecule has 2 aliphatic rings. The van der Waals surface area contributed by atoms with Gasteiger partial charge >= 0.3 is 5.97 Å². The molecule has 1 amide bonds. The maximum absolute atomic E-state index is 13.1. The molecule has 29 heavy (non-hydrogen) atoms. The molecule has 0 aromatic heterocycles. The number of Topliss-reactive ketones (excluding diaryl/α,β-unsaturated/α-hetero) is 1. The highest BCUT2D eigenvalue weighted by molar-refractivity contribution is 6.33. The van der Waals surface area contributed by atoms with E-state index >= 15 is 0 Å². The van der Waals surface area contributed by atoms with E-state index in [1.165, 1.54) is 0 Å². The van der Waals surface area contributed by atoms with Crippen molar-refractivity contribution in [1.29, 1.82) is 0 Å². The van der Waals surface area contributed by atoms with E-state index in [2.05, 4.69) is 5.32 Å². The first-order valence-electron chi connectivity index (χ1n) is 9.85. The summed E-state index contributed by atoms with van der Waals surface area (Å²) >= 11 is 6.03. The SMILES string of the molecule is O=C(COC(=O)[C@@H]1[C@H]2CC[C@@H](C2)[C@H]1C(=O)c1ccccc1)Nc1ccccc1Cl. The summed E-state index contributed by atoms with van der Waals surface area (Å²) in [6, 6.07) is 15.9. The predicted molar refractivity (Wildman–Crippen MR) is 110 cm³/mol. The van der Waals surface area contributed by atoms with Crippen molar-refractivity contribution in [2.45, 2.75) is 19.3 Å². The molecular weight excluding hydrogens is 390 g/mol. The fourth-order valence-corrected chi connectivity index (χ4v) is 4.97. The minimum absolute atomic E-state index is 0.000249. The molecule has 0 radical (unpaired) electrons. The zero-order chi connectivity index (χ0) is 20.4. The topological polar surface area (TPSA) is 72.5 Å². The lowest BCUT2D eigenvalue weighted by molar-refractivity contribution is -0.154. The number of benzene rings is 2. The minimum Gasteiger partial charge on any atom is -0.455 e. The van der Waals surface area contributed by atoms with E-state index in [0.717, 1.165) is 19.3 Å². The van der Waals surface area contributed by atoms with Crippen LogP contribution >= 0.6 is 11.6 Å². The maximum Gasteiger partial charge on any atom is 0.310 e. The zero-order valence-electron chi connectivity index (χ0n) is 15.8. The van der Waals surface area contributed by atoms with Crippen molar-refractivity contribution in [3.63, 3.8) is 0 Å². The Balaban J connectivity index is 1.41. The van der Waals surface area contributed by atoms with Crippen molar-refractivity contribution in [3.8, 4) is 0 Å². The molecule has 1 N–H and O–H groups in total. The number of esters is 1. The van der Waals surface area contributed by atoms with Crippen LogP contribution in [0.1, 0.15) is 29.6 Å². The van der Waals surface area contributed by atoms with Crippen molar-refractivity contribution in [1.82, 2.24) is 0 Å². The third kappa shape index (κ3) is 4.06. The van der Waals surface area contributed by atoms with Crippen LogP contribution in [0.4, 0.5) is 5.69 Å². The number of ether oxygens (including phenoxy) is 1. The van der Waals surface area contributed by atoms with Crippen LogP contribution < -0.4 is 5.32 Å². The molecular formula is C23H22ClNO4. The average molecular weight is 412 g/mol. The summed E-state index contributed by atoms with van der Waals surface area (Å²) in [7, 11) is 0. The van der Waals surface area contributed by atoms with Crippen LogP contribution in [0.25, 0.3) is 0 Å². The highest BCUT2D eigenvalue weighted by Crippen LogP contribution is 2.53. The molecule has 0 saturated heterocycles. The Bertz CT molecular complexity index is 929. The molecule has 4 atom stereocenters. The largest absolute Gasteiger partial charge is 0.455 e. The first-order valence-corrected chi connectivity index (χ1v) is 10.2. The van der Waals surface area contributed by atoms with Crippen LogP contribution in [-0.4, -0.2) is 24.3 Å². The lowest BCUT2D eigenvalue weighted by Gasteiger charge is -2.28. The number of para-hydroxylation sites is 1. The Morgan fingerprint density at radius 2 is 1.59 bits per heavy atom. The van der Waals surface area contributed by atoms with Crippen molar-refractivity contribution in [3.05, 3.63) is 65.2 Å². The number of carbonyl (C=O) groups is 3. The molecule has 6 heteroatoms. The predicted octanol–water partition coefficient (Wildman–Crippen LogP) is 4.37. The zero-order valence-corrected chi connectivity index (χ0v) is 16.6. The molecule has 0 aliphatic heterocycles. The number of rotatable bonds is 6. The number of nitrogens with one attached hydrogen (secondary N) is 1. The van der Waals surface area contributed by atoms with Crippen LogP contribution in [-0.2, 0) is 14.3 Å². The normalized spacial score (nSPS) is 24.9. The molecule has 2 aliphatic carbocycles. The van der Waals surface area contributed by atoms with Gasteiger partial charge in [0.1, 0.15) is 0 Å². The van der Waals surface area contributed by atoms with Crippen molar-refractivity contribution < 1.29 is 19.1 Å². The second-order valence-corrected chi connectivity index (χ2v) is 8.16. The maximum atomic E-state index is 13.1. The van der Waals surface area contributed by atoms with Gasteiger partial charge in [-0.3, -0.25) is 14.4 Å². The third-order valence-electron chi connectivity index (χ3n) is 6.04. The molecule has 2 aromatic carbocycles. The quantitative estimate of drug-likeness (QED) is 0.566. The Labute approximate surface area is 174 Å². The molecule has 2 saturated carbocycles. The van der Waals surface area contributed by atoms with Crippen LogP contribution in [0.2, 0.25) is 5.02 Å². The smallest absolute Gasteiger partial charge is 0.310 e. The number of anilines is 1. The molecule has 2 aromatic rings. The molecule has 150 valence electrons. The van der Waals surface area contributed by atoms with Gasteiger partial charge in [0.25, 0.3) is 5.91 Å². The molecule has 0 unspecified atom stereocenters. The van der Waals surface area contributed by atoms with E-state index in [9.17, 15) is 14.4 Å². The fourth-order valence-electron chi connectivity index (χ4n) is 4.78. The van der Waals surface area contributed by atoms with E-state index in [4.69, 9.17) is 16.3 Å². The van der Waals surface area contributed by atoms with E-state index in [1.807, 2.05) is 18.2 Å². The number of carbonyl (C=O) groups excluding carboxylic acids is 3. The van der Waals surface area contributed by atoms with Crippen LogP contribution in [0, 0.1) is 23.7 Å². The third-order valence-corrected chi connectivity index (χ3v) is 6.37. The van der Waals surface area contributed by atoms with Gasteiger partial charge in [0, 0.05) is 11.5 Å². The van der Waals surface area contributed by atoms with Crippen LogP contribution in [0.5, 0.6) is 0 Å². The molecule has 0 heterocycles. The van der Waals surface area contributed by atoms with Gasteiger partial charge in [-0.1, -0.05) is 54.1 Å². The van der Waals surface area contributed by atoms with E-state index < -0.39 is 24.4 Å². The summed E-state index contributed by atoms with van der Waals surface area (Å²) in [5.74, 6) is -1.40. The van der Waals surface area contributed by atoms with Gasteiger partial charge in [0.05, 0.1) is 16.6 Å². The van der Waals surface area contributed by atoms with Gasteiger partial charge < -0.3 is 10.1 Å². The number of fused-ring (bicyclic) bond motifs is 2. The Morgan fingerprint density at radius 3 is 2.31 bits per heavy atom. The van der Waals surface area contributed by atoms with Gasteiger partial charge in [0.15, 0.2) is 12.4 Å². The van der Waals surface area contributed by atoms with E-state index in [0.29, 0.717) is 16.3 Å². The summed E-state index contributed by atoms with van der Waals surface area (Å²) in [4.78, 5) is 38.1. The average Bonchev–Trinajstić information content (AvgIpc) is 3.35. The molecule has 2 bridgehead atoms. The summed E-state index contributed by atoms with van der Waals surface area (Å²) in [6.45, 7) is -0.399.